The van der Waals surface area contributed by atoms with Crippen LogP contribution in [0.4, 0.5) is 8.78 Å². The number of carbonyl (C=O) groups is 3. The standard InChI is InChI=1S/C44H36F2N6O7/c45-44(46)52-37-13-14-47-24-36(37)35-8-3-26(19-39(35)52)27-4-12-41(49-22-27)59-33-20-32(21-33)58-31-6-5-29(48-23-31)2-1-15-56-16-17-57-30-7-9-34-28(18-30)25-51(43(34)55)38-10-11-40(53)50-42(38)54/h3-9,12-14,18-19,22-24,32-33,38,44H,10-11,15-17,20-21,25H2,(H,50,53,54)/t32-,33-,38?. The van der Waals surface area contributed by atoms with Crippen LogP contribution in [0.5, 0.6) is 17.4 Å². The number of hydrogen-bond acceptors (Lipinski definition) is 10. The summed E-state index contributed by atoms with van der Waals surface area (Å²) < 4.78 is 52.6. The van der Waals surface area contributed by atoms with Crippen LogP contribution in [-0.4, -0.2) is 80.2 Å². The summed E-state index contributed by atoms with van der Waals surface area (Å²) >= 11 is 0. The zero-order chi connectivity index (χ0) is 40.5. The molecule has 3 amide bonds. The molecule has 1 saturated heterocycles. The normalized spacial score (nSPS) is 18.7. The van der Waals surface area contributed by atoms with Gasteiger partial charge in [-0.05, 0) is 72.0 Å². The van der Waals surface area contributed by atoms with Crippen molar-refractivity contribution < 1.29 is 42.1 Å². The summed E-state index contributed by atoms with van der Waals surface area (Å²) in [6.45, 7) is -1.65. The highest BCUT2D eigenvalue weighted by Gasteiger charge is 2.39. The van der Waals surface area contributed by atoms with E-state index in [2.05, 4.69) is 32.1 Å². The Bertz CT molecular complexity index is 2640. The third-order valence-electron chi connectivity index (χ3n) is 10.6. The number of piperidine rings is 1. The molecule has 0 bridgehead atoms. The minimum Gasteiger partial charge on any atom is -0.491 e. The molecule has 3 aliphatic rings. The second-order valence-electron chi connectivity index (χ2n) is 14.4. The molecule has 1 N–H and O–H groups in total. The smallest absolute Gasteiger partial charge is 0.319 e. The van der Waals surface area contributed by atoms with Crippen LogP contribution >= 0.6 is 0 Å². The minimum atomic E-state index is -2.69. The van der Waals surface area contributed by atoms with E-state index in [1.54, 1.807) is 61.1 Å². The van der Waals surface area contributed by atoms with Gasteiger partial charge in [-0.15, -0.1) is 0 Å². The van der Waals surface area contributed by atoms with Crippen LogP contribution in [0.15, 0.2) is 91.5 Å². The lowest BCUT2D eigenvalue weighted by molar-refractivity contribution is -0.136. The van der Waals surface area contributed by atoms with Gasteiger partial charge >= 0.3 is 6.55 Å². The lowest BCUT2D eigenvalue weighted by Crippen LogP contribution is -2.52. The van der Waals surface area contributed by atoms with E-state index in [0.29, 0.717) is 76.3 Å². The maximum absolute atomic E-state index is 14.0. The van der Waals surface area contributed by atoms with Gasteiger partial charge in [0.05, 0.1) is 23.8 Å². The predicted octanol–water partition coefficient (Wildman–Crippen LogP) is 6.24. The summed E-state index contributed by atoms with van der Waals surface area (Å²) in [6.07, 6.45) is 8.25. The largest absolute Gasteiger partial charge is 0.491 e. The number of ether oxygens (including phenoxy) is 4. The molecule has 0 radical (unpaired) electrons. The van der Waals surface area contributed by atoms with Gasteiger partial charge in [0, 0.05) is 72.4 Å². The first-order chi connectivity index (χ1) is 28.8. The summed E-state index contributed by atoms with van der Waals surface area (Å²) in [6, 6.07) is 18.9. The Morgan fingerprint density at radius 3 is 2.47 bits per heavy atom. The number of imide groups is 1. The van der Waals surface area contributed by atoms with E-state index < -0.39 is 18.5 Å². The van der Waals surface area contributed by atoms with Crippen LogP contribution in [0, 0.1) is 11.8 Å². The molecule has 1 saturated carbocycles. The highest BCUT2D eigenvalue weighted by atomic mass is 19.3. The van der Waals surface area contributed by atoms with Gasteiger partial charge in [0.2, 0.25) is 17.7 Å². The van der Waals surface area contributed by atoms with Gasteiger partial charge in [-0.25, -0.2) is 9.97 Å². The van der Waals surface area contributed by atoms with Gasteiger partial charge < -0.3 is 23.8 Å². The maximum Gasteiger partial charge on any atom is 0.319 e. The first-order valence-corrected chi connectivity index (χ1v) is 19.2. The molecule has 15 heteroatoms. The van der Waals surface area contributed by atoms with Crippen molar-refractivity contribution in [3.63, 3.8) is 0 Å². The molecule has 1 aliphatic carbocycles. The molecule has 1 unspecified atom stereocenters. The Morgan fingerprint density at radius 1 is 0.831 bits per heavy atom. The van der Waals surface area contributed by atoms with E-state index >= 15 is 0 Å². The second-order valence-corrected chi connectivity index (χ2v) is 14.4. The van der Waals surface area contributed by atoms with Crippen LogP contribution in [-0.2, 0) is 20.9 Å². The van der Waals surface area contributed by atoms with Crippen molar-refractivity contribution in [1.82, 2.24) is 29.7 Å². The molecule has 59 heavy (non-hydrogen) atoms. The van der Waals surface area contributed by atoms with Gasteiger partial charge in [-0.3, -0.25) is 29.3 Å². The lowest BCUT2D eigenvalue weighted by atomic mass is 9.92. The van der Waals surface area contributed by atoms with E-state index in [-0.39, 0.29) is 50.2 Å². The average Bonchev–Trinajstić information content (AvgIpc) is 3.74. The Kier molecular flexibility index (Phi) is 10.3. The number of carbonyl (C=O) groups excluding carboxylic acids is 3. The molecular formula is C44H36F2N6O7. The number of benzene rings is 2. The van der Waals surface area contributed by atoms with Gasteiger partial charge in [-0.1, -0.05) is 18.1 Å². The number of halogens is 2. The number of aromatic nitrogens is 4. The lowest BCUT2D eigenvalue weighted by Gasteiger charge is -2.34. The molecule has 6 heterocycles. The third kappa shape index (κ3) is 7.86. The average molecular weight is 799 g/mol. The molecule has 6 aromatic rings. The summed E-state index contributed by atoms with van der Waals surface area (Å²) in [5, 5.41) is 3.70. The fourth-order valence-corrected chi connectivity index (χ4v) is 7.61. The quantitative estimate of drug-likeness (QED) is 0.0858. The topological polar surface area (TPSA) is 147 Å². The van der Waals surface area contributed by atoms with Crippen LogP contribution in [0.2, 0.25) is 0 Å². The van der Waals surface area contributed by atoms with E-state index in [9.17, 15) is 23.2 Å². The molecule has 298 valence electrons. The maximum atomic E-state index is 14.0. The number of alkyl halides is 2. The van der Waals surface area contributed by atoms with Crippen LogP contribution in [0.1, 0.15) is 53.8 Å². The number of fused-ring (bicyclic) bond motifs is 4. The number of rotatable bonds is 12. The van der Waals surface area contributed by atoms with Crippen LogP contribution in [0.3, 0.4) is 0 Å². The second kappa shape index (κ2) is 16.1. The molecule has 13 nitrogen and oxygen atoms in total. The van der Waals surface area contributed by atoms with Crippen molar-refractivity contribution in [3.05, 3.63) is 108 Å². The Morgan fingerprint density at radius 2 is 1.68 bits per heavy atom. The fraction of sp³-hybridized carbons (Fsp3) is 0.273. The molecule has 2 aromatic carbocycles. The number of amides is 3. The highest BCUT2D eigenvalue weighted by Crippen LogP contribution is 2.36. The first kappa shape index (κ1) is 37.6. The molecule has 2 aliphatic heterocycles. The zero-order valence-electron chi connectivity index (χ0n) is 31.5. The molecule has 2 fully saturated rings. The van der Waals surface area contributed by atoms with Gasteiger partial charge in [0.25, 0.3) is 5.91 Å². The van der Waals surface area contributed by atoms with Gasteiger partial charge in [0.1, 0.15) is 48.7 Å². The Hall–Kier alpha value is -6.92. The predicted molar refractivity (Wildman–Crippen MR) is 210 cm³/mol. The number of nitrogens with one attached hydrogen (secondary N) is 1. The fourth-order valence-electron chi connectivity index (χ4n) is 7.61. The number of nitrogens with zero attached hydrogens (tertiary/aromatic N) is 5. The summed E-state index contributed by atoms with van der Waals surface area (Å²) in [5.41, 5.74) is 4.29. The van der Waals surface area contributed by atoms with Crippen LogP contribution in [0.25, 0.3) is 32.9 Å². The Balaban J connectivity index is 0.685. The molecule has 9 rings (SSSR count). The molecule has 1 atom stereocenters. The number of pyridine rings is 3. The highest BCUT2D eigenvalue weighted by molar-refractivity contribution is 6.09. The SMILES string of the molecule is O=C1CCC(N2Cc3cc(OCCOCC#Cc4ccc(O[C@H]5C[C@H](Oc6ccc(-c7ccc8c9cnccc9n(C(F)F)c8c7)cn6)C5)cn4)ccc3C2=O)C(=O)N1. The summed E-state index contributed by atoms with van der Waals surface area (Å²) in [7, 11) is 0. The van der Waals surface area contributed by atoms with Crippen molar-refractivity contribution in [2.45, 2.75) is 57.0 Å². The van der Waals surface area contributed by atoms with E-state index in [1.165, 1.54) is 11.1 Å². The van der Waals surface area contributed by atoms with Gasteiger partial charge in [-0.2, -0.15) is 8.78 Å². The molecule has 0 spiro atoms. The van der Waals surface area contributed by atoms with Crippen molar-refractivity contribution in [2.24, 2.45) is 0 Å². The van der Waals surface area contributed by atoms with Crippen LogP contribution < -0.4 is 19.5 Å². The molecule has 4 aromatic heterocycles. The third-order valence-corrected chi connectivity index (χ3v) is 10.6. The molecular weight excluding hydrogens is 763 g/mol. The number of hydrogen-bond donors (Lipinski definition) is 1. The van der Waals surface area contributed by atoms with E-state index in [4.69, 9.17) is 18.9 Å². The zero-order valence-corrected chi connectivity index (χ0v) is 31.5. The summed E-state index contributed by atoms with van der Waals surface area (Å²) in [5.74, 6) is 6.62. The van der Waals surface area contributed by atoms with E-state index in [0.717, 1.165) is 21.3 Å². The van der Waals surface area contributed by atoms with Crippen molar-refractivity contribution in [3.8, 4) is 40.3 Å². The van der Waals surface area contributed by atoms with Gasteiger partial charge in [0.15, 0.2) is 0 Å². The minimum absolute atomic E-state index is 0.0241. The van der Waals surface area contributed by atoms with Crippen molar-refractivity contribution in [2.75, 3.05) is 19.8 Å². The first-order valence-electron chi connectivity index (χ1n) is 19.2. The van der Waals surface area contributed by atoms with Crippen molar-refractivity contribution in [1.29, 1.82) is 0 Å². The monoisotopic (exact) mass is 798 g/mol. The Labute approximate surface area is 336 Å². The van der Waals surface area contributed by atoms with Crippen molar-refractivity contribution >= 4 is 39.5 Å². The van der Waals surface area contributed by atoms with E-state index in [1.807, 2.05) is 24.3 Å². The summed E-state index contributed by atoms with van der Waals surface area (Å²) in [4.78, 5) is 51.1.